The fourth-order valence-corrected chi connectivity index (χ4v) is 1.58. The zero-order valence-electron chi connectivity index (χ0n) is 9.82. The molecular weight excluding hydrogens is 264 g/mol. The van der Waals surface area contributed by atoms with Gasteiger partial charge in [-0.2, -0.15) is 0 Å². The Kier molecular flexibility index (Phi) is 4.03. The normalized spacial score (nSPS) is 9.53. The topological polar surface area (TPSA) is 81.9 Å². The van der Waals surface area contributed by atoms with E-state index in [0.717, 1.165) is 0 Å². The van der Waals surface area contributed by atoms with Crippen molar-refractivity contribution < 1.29 is 4.79 Å². The Hall–Kier alpha value is -2.49. The van der Waals surface area contributed by atoms with E-state index in [-0.39, 0.29) is 0 Å². The summed E-state index contributed by atoms with van der Waals surface area (Å²) in [4.78, 5) is 15.2. The van der Waals surface area contributed by atoms with Crippen molar-refractivity contribution >= 4 is 28.9 Å². The first-order valence-corrected chi connectivity index (χ1v) is 5.81. The molecule has 0 aliphatic rings. The van der Waals surface area contributed by atoms with Crippen LogP contribution in [-0.4, -0.2) is 5.91 Å². The van der Waals surface area contributed by atoms with Crippen molar-refractivity contribution in [2.45, 2.75) is 0 Å². The van der Waals surface area contributed by atoms with Crippen molar-refractivity contribution in [1.29, 1.82) is 0 Å². The number of nitrogen functional groups attached to an aromatic ring is 1. The minimum atomic E-state index is -0.538. The molecule has 0 bridgehead atoms. The molecule has 2 rings (SSSR count). The average molecular weight is 274 g/mol. The average Bonchev–Trinajstić information content (AvgIpc) is 2.39. The Labute approximate surface area is 114 Å². The van der Waals surface area contributed by atoms with Crippen LogP contribution in [0, 0.1) is 0 Å². The zero-order valence-corrected chi connectivity index (χ0v) is 10.6. The maximum absolute atomic E-state index is 11.7. The summed E-state index contributed by atoms with van der Waals surface area (Å²) in [6, 6.07) is 13.4. The molecule has 0 aromatic heterocycles. The molecule has 0 unspecified atom stereocenters. The number of anilines is 1. The molecule has 2 aromatic carbocycles. The van der Waals surface area contributed by atoms with Gasteiger partial charge in [-0.15, -0.1) is 0 Å². The van der Waals surface area contributed by atoms with Gasteiger partial charge in [0.15, 0.2) is 10.8 Å². The van der Waals surface area contributed by atoms with E-state index in [1.54, 1.807) is 48.5 Å². The number of benzene rings is 2. The van der Waals surface area contributed by atoms with E-state index in [1.807, 2.05) is 0 Å². The summed E-state index contributed by atoms with van der Waals surface area (Å²) in [6.07, 6.45) is 0. The van der Waals surface area contributed by atoms with Gasteiger partial charge in [-0.05, 0) is 30.3 Å². The quantitative estimate of drug-likeness (QED) is 0.517. The highest BCUT2D eigenvalue weighted by atomic mass is 35.5. The molecule has 0 saturated carbocycles. The minimum Gasteiger partial charge on any atom is -0.398 e. The fourth-order valence-electron chi connectivity index (χ4n) is 1.40. The molecule has 2 aromatic rings. The molecule has 0 radical (unpaired) electrons. The molecule has 19 heavy (non-hydrogen) atoms. The van der Waals surface area contributed by atoms with Crippen LogP contribution in [0.1, 0.15) is 10.4 Å². The molecule has 2 N–H and O–H groups in total. The number of para-hydroxylation sites is 1. The third-order valence-corrected chi connectivity index (χ3v) is 2.53. The Balaban J connectivity index is 2.19. The third kappa shape index (κ3) is 3.48. The second-order valence-corrected chi connectivity index (χ2v) is 4.10. The third-order valence-electron chi connectivity index (χ3n) is 2.30. The summed E-state index contributed by atoms with van der Waals surface area (Å²) in [7, 11) is 0. The standard InChI is InChI=1S/C13H9ClN4O/c14-9-4-3-5-10(8-9)16-18-17-13(19)11-6-1-2-7-12(11)15/h1-8H,(H-,15,19)/p+1. The number of hydrogen-bond donors (Lipinski definition) is 1. The van der Waals surface area contributed by atoms with E-state index in [9.17, 15) is 4.79 Å². The van der Waals surface area contributed by atoms with E-state index in [4.69, 9.17) is 17.3 Å². The van der Waals surface area contributed by atoms with Crippen LogP contribution in [0.2, 0.25) is 5.02 Å². The van der Waals surface area contributed by atoms with Crippen molar-refractivity contribution in [3.05, 3.63) is 59.1 Å². The van der Waals surface area contributed by atoms with E-state index in [2.05, 4.69) is 15.1 Å². The number of nitrogens with zero attached hydrogens (tertiary/aromatic N) is 3. The SMILES string of the molecule is Nc1ccccc1C(=O)N=[N+]=Nc1cccc(Cl)c1. The molecule has 0 aliphatic heterocycles. The van der Waals surface area contributed by atoms with Gasteiger partial charge in [0.1, 0.15) is 0 Å². The lowest BCUT2D eigenvalue weighted by atomic mass is 10.2. The first-order chi connectivity index (χ1) is 9.16. The summed E-state index contributed by atoms with van der Waals surface area (Å²) >= 11 is 5.79. The molecule has 6 heteroatoms. The molecule has 5 nitrogen and oxygen atoms in total. The molecule has 0 atom stereocenters. The molecule has 0 saturated heterocycles. The zero-order chi connectivity index (χ0) is 13.7. The van der Waals surface area contributed by atoms with Crippen LogP contribution in [0.3, 0.4) is 0 Å². The van der Waals surface area contributed by atoms with Crippen LogP contribution >= 0.6 is 11.6 Å². The Bertz CT molecular complexity index is 678. The first kappa shape index (κ1) is 13.0. The van der Waals surface area contributed by atoms with Crippen LogP contribution < -0.4 is 10.6 Å². The van der Waals surface area contributed by atoms with Crippen molar-refractivity contribution in [3.63, 3.8) is 0 Å². The number of rotatable bonds is 2. The predicted octanol–water partition coefficient (Wildman–Crippen LogP) is 3.37. The van der Waals surface area contributed by atoms with Crippen LogP contribution in [0.4, 0.5) is 11.4 Å². The predicted molar refractivity (Wildman–Crippen MR) is 73.3 cm³/mol. The summed E-state index contributed by atoms with van der Waals surface area (Å²) in [5.74, 6) is -0.538. The lowest BCUT2D eigenvalue weighted by Crippen LogP contribution is -2.00. The van der Waals surface area contributed by atoms with E-state index < -0.39 is 5.91 Å². The number of nitrogens with two attached hydrogens (primary N) is 1. The highest BCUT2D eigenvalue weighted by Gasteiger charge is 2.12. The second-order valence-electron chi connectivity index (χ2n) is 3.66. The monoisotopic (exact) mass is 273 g/mol. The smallest absolute Gasteiger partial charge is 0.362 e. The van der Waals surface area contributed by atoms with Gasteiger partial charge in [-0.1, -0.05) is 29.8 Å². The van der Waals surface area contributed by atoms with Crippen molar-refractivity contribution in [1.82, 2.24) is 4.91 Å². The highest BCUT2D eigenvalue weighted by molar-refractivity contribution is 6.30. The number of halogens is 1. The molecular formula is C13H10ClN4O+. The summed E-state index contributed by atoms with van der Waals surface area (Å²) < 4.78 is 0. The van der Waals surface area contributed by atoms with Gasteiger partial charge in [0.2, 0.25) is 10.0 Å². The van der Waals surface area contributed by atoms with Gasteiger partial charge in [-0.3, -0.25) is 4.79 Å². The van der Waals surface area contributed by atoms with Gasteiger partial charge in [0, 0.05) is 10.7 Å². The van der Waals surface area contributed by atoms with Crippen molar-refractivity contribution in [3.8, 4) is 0 Å². The van der Waals surface area contributed by atoms with Gasteiger partial charge in [0.25, 0.3) is 0 Å². The summed E-state index contributed by atoms with van der Waals surface area (Å²) in [6.45, 7) is 0. The number of hydrogen-bond acceptors (Lipinski definition) is 3. The van der Waals surface area contributed by atoms with E-state index >= 15 is 0 Å². The van der Waals surface area contributed by atoms with Crippen molar-refractivity contribution in [2.75, 3.05) is 5.73 Å². The fraction of sp³-hybridized carbons (Fsp3) is 0. The largest absolute Gasteiger partial charge is 0.398 e. The molecule has 0 fully saturated rings. The molecule has 1 amide bonds. The van der Waals surface area contributed by atoms with Crippen molar-refractivity contribution in [2.24, 2.45) is 10.2 Å². The highest BCUT2D eigenvalue weighted by Crippen LogP contribution is 2.16. The molecule has 0 spiro atoms. The number of amides is 1. The van der Waals surface area contributed by atoms with Gasteiger partial charge in [0.05, 0.1) is 5.56 Å². The number of carbonyl (C=O) groups excluding carboxylic acids is 1. The van der Waals surface area contributed by atoms with E-state index in [0.29, 0.717) is 22.0 Å². The molecule has 0 heterocycles. The Morgan fingerprint density at radius 1 is 1.16 bits per heavy atom. The van der Waals surface area contributed by atoms with Crippen LogP contribution in [0.25, 0.3) is 0 Å². The second kappa shape index (κ2) is 5.91. The van der Waals surface area contributed by atoms with Crippen LogP contribution in [0.5, 0.6) is 0 Å². The Morgan fingerprint density at radius 3 is 2.68 bits per heavy atom. The number of carbonyl (C=O) groups is 1. The van der Waals surface area contributed by atoms with Gasteiger partial charge < -0.3 is 5.73 Å². The lowest BCUT2D eigenvalue weighted by Gasteiger charge is -1.94. The first-order valence-electron chi connectivity index (χ1n) is 5.43. The van der Waals surface area contributed by atoms with E-state index in [1.165, 1.54) is 0 Å². The molecule has 94 valence electrons. The molecule has 0 aliphatic carbocycles. The van der Waals surface area contributed by atoms with Gasteiger partial charge >= 0.3 is 5.91 Å². The summed E-state index contributed by atoms with van der Waals surface area (Å²) in [5, 5.41) is 7.79. The maximum Gasteiger partial charge on any atom is 0.362 e. The Morgan fingerprint density at radius 2 is 1.95 bits per heavy atom. The maximum atomic E-state index is 11.7. The minimum absolute atomic E-state index is 0.299. The van der Waals surface area contributed by atoms with Crippen LogP contribution in [0.15, 0.2) is 58.8 Å². The van der Waals surface area contributed by atoms with Crippen LogP contribution in [-0.2, 0) is 0 Å². The summed E-state index contributed by atoms with van der Waals surface area (Å²) in [5.41, 5.74) is 6.83. The van der Waals surface area contributed by atoms with Gasteiger partial charge in [-0.25, -0.2) is 0 Å². The lowest BCUT2D eigenvalue weighted by molar-refractivity contribution is 0.0993.